The third kappa shape index (κ3) is 2.76. The molecule has 0 aliphatic rings. The van der Waals surface area contributed by atoms with Crippen LogP contribution in [0.5, 0.6) is 0 Å². The van der Waals surface area contributed by atoms with Gasteiger partial charge in [-0.15, -0.1) is 0 Å². The first-order valence-corrected chi connectivity index (χ1v) is 6.50. The van der Waals surface area contributed by atoms with Crippen LogP contribution in [-0.4, -0.2) is 7.05 Å². The van der Waals surface area contributed by atoms with Crippen molar-refractivity contribution in [2.75, 3.05) is 7.05 Å². The Morgan fingerprint density at radius 2 is 1.76 bits per heavy atom. The Hall–Kier alpha value is -1.12. The highest BCUT2D eigenvalue weighted by Gasteiger charge is 2.14. The van der Waals surface area contributed by atoms with Crippen LogP contribution in [0.1, 0.15) is 22.7 Å². The number of rotatable bonds is 3. The molecule has 0 aliphatic carbocycles. The van der Waals surface area contributed by atoms with Gasteiger partial charge in [-0.3, -0.25) is 0 Å². The molecule has 1 N–H and O–H groups in total. The molecular weight excluding hydrogens is 274 g/mol. The third-order valence-corrected chi connectivity index (χ3v) is 3.58. The Labute approximate surface area is 111 Å². The van der Waals surface area contributed by atoms with Crippen LogP contribution in [0.25, 0.3) is 0 Å². The zero-order valence-corrected chi connectivity index (χ0v) is 11.7. The van der Waals surface area contributed by atoms with Crippen molar-refractivity contribution in [2.45, 2.75) is 13.0 Å². The fraction of sp³-hybridized carbons (Fsp3) is 0.200. The molecule has 0 radical (unpaired) electrons. The van der Waals surface area contributed by atoms with E-state index in [2.05, 4.69) is 70.6 Å². The molecule has 1 nitrogen and oxygen atoms in total. The van der Waals surface area contributed by atoms with E-state index < -0.39 is 0 Å². The summed E-state index contributed by atoms with van der Waals surface area (Å²) in [4.78, 5) is 0. The van der Waals surface area contributed by atoms with Gasteiger partial charge in [0.25, 0.3) is 0 Å². The Balaban J connectivity index is 2.42. The minimum Gasteiger partial charge on any atom is -0.309 e. The van der Waals surface area contributed by atoms with Crippen LogP contribution in [0.15, 0.2) is 53.0 Å². The number of aryl methyl sites for hydroxylation is 1. The van der Waals surface area contributed by atoms with Crippen molar-refractivity contribution >= 4 is 15.9 Å². The van der Waals surface area contributed by atoms with Crippen molar-refractivity contribution in [2.24, 2.45) is 0 Å². The third-order valence-electron chi connectivity index (χ3n) is 2.89. The van der Waals surface area contributed by atoms with Crippen molar-refractivity contribution < 1.29 is 0 Å². The van der Waals surface area contributed by atoms with Gasteiger partial charge < -0.3 is 5.32 Å². The smallest absolute Gasteiger partial charge is 0.0585 e. The van der Waals surface area contributed by atoms with Gasteiger partial charge in [0.15, 0.2) is 0 Å². The van der Waals surface area contributed by atoms with Crippen LogP contribution in [-0.2, 0) is 0 Å². The van der Waals surface area contributed by atoms with Gasteiger partial charge in [0.1, 0.15) is 0 Å². The van der Waals surface area contributed by atoms with Crippen molar-refractivity contribution in [3.8, 4) is 0 Å². The summed E-state index contributed by atoms with van der Waals surface area (Å²) < 4.78 is 1.15. The minimum absolute atomic E-state index is 0.228. The number of benzene rings is 2. The highest BCUT2D eigenvalue weighted by Crippen LogP contribution is 2.28. The lowest BCUT2D eigenvalue weighted by Gasteiger charge is -2.19. The molecule has 0 aromatic heterocycles. The lowest BCUT2D eigenvalue weighted by Crippen LogP contribution is -2.18. The Morgan fingerprint density at radius 1 is 1.06 bits per heavy atom. The predicted molar refractivity (Wildman–Crippen MR) is 76.2 cm³/mol. The fourth-order valence-corrected chi connectivity index (χ4v) is 2.74. The van der Waals surface area contributed by atoms with Crippen LogP contribution in [0.3, 0.4) is 0 Å². The molecule has 0 amide bonds. The van der Waals surface area contributed by atoms with E-state index in [0.29, 0.717) is 0 Å². The van der Waals surface area contributed by atoms with Crippen molar-refractivity contribution in [3.63, 3.8) is 0 Å². The van der Waals surface area contributed by atoms with Crippen LogP contribution >= 0.6 is 15.9 Å². The first kappa shape index (κ1) is 12.3. The molecule has 1 unspecified atom stereocenters. The largest absolute Gasteiger partial charge is 0.309 e. The van der Waals surface area contributed by atoms with Gasteiger partial charge in [0.2, 0.25) is 0 Å². The summed E-state index contributed by atoms with van der Waals surface area (Å²) in [5.74, 6) is 0. The average molecular weight is 290 g/mol. The summed E-state index contributed by atoms with van der Waals surface area (Å²) in [6.07, 6.45) is 0. The highest BCUT2D eigenvalue weighted by molar-refractivity contribution is 9.10. The van der Waals surface area contributed by atoms with E-state index in [1.807, 2.05) is 13.1 Å². The molecule has 0 fully saturated rings. The first-order chi connectivity index (χ1) is 8.22. The first-order valence-electron chi connectivity index (χ1n) is 5.70. The number of nitrogens with one attached hydrogen (secondary N) is 1. The van der Waals surface area contributed by atoms with Gasteiger partial charge in [-0.25, -0.2) is 0 Å². The van der Waals surface area contributed by atoms with Crippen LogP contribution in [0, 0.1) is 6.92 Å². The monoisotopic (exact) mass is 289 g/mol. The van der Waals surface area contributed by atoms with Crippen LogP contribution in [0.4, 0.5) is 0 Å². The zero-order valence-electron chi connectivity index (χ0n) is 10.1. The van der Waals surface area contributed by atoms with Crippen molar-refractivity contribution in [1.82, 2.24) is 5.32 Å². The lowest BCUT2D eigenvalue weighted by molar-refractivity contribution is 0.689. The second-order valence-electron chi connectivity index (χ2n) is 4.16. The maximum absolute atomic E-state index is 3.65. The van der Waals surface area contributed by atoms with Gasteiger partial charge in [-0.05, 0) is 36.7 Å². The molecule has 2 rings (SSSR count). The second-order valence-corrected chi connectivity index (χ2v) is 5.01. The predicted octanol–water partition coefficient (Wildman–Crippen LogP) is 4.07. The summed E-state index contributed by atoms with van der Waals surface area (Å²) in [7, 11) is 1.99. The zero-order chi connectivity index (χ0) is 12.3. The van der Waals surface area contributed by atoms with E-state index in [9.17, 15) is 0 Å². The molecule has 2 heteroatoms. The van der Waals surface area contributed by atoms with E-state index >= 15 is 0 Å². The summed E-state index contributed by atoms with van der Waals surface area (Å²) in [5.41, 5.74) is 3.81. The fourth-order valence-electron chi connectivity index (χ4n) is 2.01. The molecule has 0 heterocycles. The van der Waals surface area contributed by atoms with Crippen LogP contribution < -0.4 is 5.32 Å². The topological polar surface area (TPSA) is 12.0 Å². The SMILES string of the molecule is CNC(c1ccccc1)c1ccc(C)cc1Br. The molecule has 1 atom stereocenters. The number of halogens is 1. The maximum atomic E-state index is 3.65. The molecule has 17 heavy (non-hydrogen) atoms. The molecular formula is C15H16BrN. The number of hydrogen-bond donors (Lipinski definition) is 1. The maximum Gasteiger partial charge on any atom is 0.0585 e. The Bertz CT molecular complexity index is 494. The highest BCUT2D eigenvalue weighted by atomic mass is 79.9. The van der Waals surface area contributed by atoms with E-state index in [1.165, 1.54) is 16.7 Å². The summed E-state index contributed by atoms with van der Waals surface area (Å²) in [5, 5.41) is 3.36. The van der Waals surface area contributed by atoms with E-state index in [4.69, 9.17) is 0 Å². The molecule has 88 valence electrons. The molecule has 0 aliphatic heterocycles. The van der Waals surface area contributed by atoms with Gasteiger partial charge in [0.05, 0.1) is 6.04 Å². The molecule has 0 bridgehead atoms. The lowest BCUT2D eigenvalue weighted by atomic mass is 9.98. The van der Waals surface area contributed by atoms with E-state index in [-0.39, 0.29) is 6.04 Å². The van der Waals surface area contributed by atoms with Gasteiger partial charge in [-0.2, -0.15) is 0 Å². The summed E-state index contributed by atoms with van der Waals surface area (Å²) >= 11 is 3.65. The molecule has 2 aromatic rings. The van der Waals surface area contributed by atoms with Crippen LogP contribution in [0.2, 0.25) is 0 Å². The Morgan fingerprint density at radius 3 is 2.35 bits per heavy atom. The van der Waals surface area contributed by atoms with Crippen molar-refractivity contribution in [3.05, 3.63) is 69.7 Å². The molecule has 0 saturated carbocycles. The normalized spacial score (nSPS) is 12.4. The quantitative estimate of drug-likeness (QED) is 0.898. The molecule has 0 saturated heterocycles. The Kier molecular flexibility index (Phi) is 3.97. The summed E-state index contributed by atoms with van der Waals surface area (Å²) in [6, 6.07) is 17.2. The van der Waals surface area contributed by atoms with Gasteiger partial charge in [-0.1, -0.05) is 58.4 Å². The average Bonchev–Trinajstić information content (AvgIpc) is 2.34. The van der Waals surface area contributed by atoms with E-state index in [1.54, 1.807) is 0 Å². The molecule has 0 spiro atoms. The standard InChI is InChI=1S/C15H16BrN/c1-11-8-9-13(14(16)10-11)15(17-2)12-6-4-3-5-7-12/h3-10,15,17H,1-2H3. The molecule has 2 aromatic carbocycles. The van der Waals surface area contributed by atoms with E-state index in [0.717, 1.165) is 4.47 Å². The second kappa shape index (κ2) is 5.48. The summed E-state index contributed by atoms with van der Waals surface area (Å²) in [6.45, 7) is 2.10. The van der Waals surface area contributed by atoms with Gasteiger partial charge in [0, 0.05) is 4.47 Å². The van der Waals surface area contributed by atoms with Crippen molar-refractivity contribution in [1.29, 1.82) is 0 Å². The van der Waals surface area contributed by atoms with Gasteiger partial charge >= 0.3 is 0 Å². The minimum atomic E-state index is 0.228. The number of hydrogen-bond acceptors (Lipinski definition) is 1.